The van der Waals surface area contributed by atoms with Crippen LogP contribution in [0, 0.1) is 0 Å². The zero-order chi connectivity index (χ0) is 18.6. The third-order valence-electron chi connectivity index (χ3n) is 4.06. The standard InChI is InChI=1S/C22H29NO3/c1-3-25-20-14-12-19(17-21(20)26-4-2)13-15-22(24)23-16-8-11-18-9-6-5-7-10-18/h5-7,9-10,12,14,17H,3-4,8,11,13,15-16H2,1-2H3,(H,23,24). The van der Waals surface area contributed by atoms with Crippen molar-refractivity contribution in [2.45, 2.75) is 39.5 Å². The summed E-state index contributed by atoms with van der Waals surface area (Å²) in [4.78, 5) is 12.0. The van der Waals surface area contributed by atoms with E-state index >= 15 is 0 Å². The van der Waals surface area contributed by atoms with E-state index in [2.05, 4.69) is 17.4 Å². The molecule has 0 unspecified atom stereocenters. The van der Waals surface area contributed by atoms with E-state index in [1.807, 2.05) is 50.2 Å². The van der Waals surface area contributed by atoms with Gasteiger partial charge in [0.15, 0.2) is 11.5 Å². The summed E-state index contributed by atoms with van der Waals surface area (Å²) in [6, 6.07) is 16.2. The molecule has 0 fully saturated rings. The van der Waals surface area contributed by atoms with E-state index in [0.29, 0.717) is 32.6 Å². The molecule has 4 nitrogen and oxygen atoms in total. The Bertz CT molecular complexity index is 670. The summed E-state index contributed by atoms with van der Waals surface area (Å²) in [5, 5.41) is 3.00. The second-order valence-corrected chi connectivity index (χ2v) is 6.09. The Morgan fingerprint density at radius 2 is 1.62 bits per heavy atom. The minimum absolute atomic E-state index is 0.0879. The lowest BCUT2D eigenvalue weighted by Crippen LogP contribution is -2.25. The molecule has 1 amide bonds. The lowest BCUT2D eigenvalue weighted by Gasteiger charge is -2.12. The smallest absolute Gasteiger partial charge is 0.220 e. The van der Waals surface area contributed by atoms with Crippen LogP contribution >= 0.6 is 0 Å². The van der Waals surface area contributed by atoms with Crippen molar-refractivity contribution in [3.63, 3.8) is 0 Å². The van der Waals surface area contributed by atoms with Gasteiger partial charge in [-0.2, -0.15) is 0 Å². The molecule has 4 heteroatoms. The van der Waals surface area contributed by atoms with Gasteiger partial charge < -0.3 is 14.8 Å². The molecular weight excluding hydrogens is 326 g/mol. The van der Waals surface area contributed by atoms with Crippen molar-refractivity contribution in [1.29, 1.82) is 0 Å². The van der Waals surface area contributed by atoms with Gasteiger partial charge in [-0.3, -0.25) is 4.79 Å². The normalized spacial score (nSPS) is 10.4. The van der Waals surface area contributed by atoms with Crippen molar-refractivity contribution in [2.75, 3.05) is 19.8 Å². The van der Waals surface area contributed by atoms with Crippen LogP contribution in [0.25, 0.3) is 0 Å². The lowest BCUT2D eigenvalue weighted by molar-refractivity contribution is -0.121. The third kappa shape index (κ3) is 6.79. The number of nitrogens with one attached hydrogen (secondary N) is 1. The second-order valence-electron chi connectivity index (χ2n) is 6.09. The minimum Gasteiger partial charge on any atom is -0.490 e. The van der Waals surface area contributed by atoms with Gasteiger partial charge >= 0.3 is 0 Å². The largest absolute Gasteiger partial charge is 0.490 e. The predicted molar refractivity (Wildman–Crippen MR) is 105 cm³/mol. The number of aryl methyl sites for hydroxylation is 2. The SMILES string of the molecule is CCOc1ccc(CCC(=O)NCCCc2ccccc2)cc1OCC. The maximum atomic E-state index is 12.0. The average Bonchev–Trinajstić information content (AvgIpc) is 2.66. The van der Waals surface area contributed by atoms with E-state index < -0.39 is 0 Å². The number of hydrogen-bond donors (Lipinski definition) is 1. The monoisotopic (exact) mass is 355 g/mol. The van der Waals surface area contributed by atoms with Crippen molar-refractivity contribution in [3.8, 4) is 11.5 Å². The Hall–Kier alpha value is -2.49. The van der Waals surface area contributed by atoms with Crippen LogP contribution in [-0.2, 0) is 17.6 Å². The number of hydrogen-bond acceptors (Lipinski definition) is 3. The van der Waals surface area contributed by atoms with Gasteiger partial charge in [0.25, 0.3) is 0 Å². The number of amides is 1. The van der Waals surface area contributed by atoms with Gasteiger partial charge in [-0.05, 0) is 56.4 Å². The summed E-state index contributed by atoms with van der Waals surface area (Å²) in [6.07, 6.45) is 3.10. The molecule has 0 radical (unpaired) electrons. The molecule has 0 atom stereocenters. The molecule has 0 aromatic heterocycles. The molecule has 2 aromatic carbocycles. The summed E-state index contributed by atoms with van der Waals surface area (Å²) in [5.41, 5.74) is 2.39. The summed E-state index contributed by atoms with van der Waals surface area (Å²) in [6.45, 7) is 5.80. The first-order valence-corrected chi connectivity index (χ1v) is 9.42. The van der Waals surface area contributed by atoms with Crippen molar-refractivity contribution in [3.05, 3.63) is 59.7 Å². The highest BCUT2D eigenvalue weighted by Crippen LogP contribution is 2.28. The maximum absolute atomic E-state index is 12.0. The average molecular weight is 355 g/mol. The molecule has 0 aliphatic rings. The molecule has 2 rings (SSSR count). The molecule has 26 heavy (non-hydrogen) atoms. The molecular formula is C22H29NO3. The summed E-state index contributed by atoms with van der Waals surface area (Å²) < 4.78 is 11.2. The molecule has 0 saturated carbocycles. The fourth-order valence-corrected chi connectivity index (χ4v) is 2.76. The second kappa shape index (κ2) is 11.2. The van der Waals surface area contributed by atoms with E-state index in [1.54, 1.807) is 0 Å². The molecule has 0 bridgehead atoms. The lowest BCUT2D eigenvalue weighted by atomic mass is 10.1. The van der Waals surface area contributed by atoms with Gasteiger partial charge in [0, 0.05) is 13.0 Å². The Morgan fingerprint density at radius 1 is 0.885 bits per heavy atom. The van der Waals surface area contributed by atoms with Crippen LogP contribution in [0.5, 0.6) is 11.5 Å². The molecule has 0 spiro atoms. The number of rotatable bonds is 11. The van der Waals surface area contributed by atoms with E-state index in [4.69, 9.17) is 9.47 Å². The van der Waals surface area contributed by atoms with Crippen molar-refractivity contribution < 1.29 is 14.3 Å². The molecule has 140 valence electrons. The van der Waals surface area contributed by atoms with Gasteiger partial charge in [0.2, 0.25) is 5.91 Å². The van der Waals surface area contributed by atoms with Crippen LogP contribution < -0.4 is 14.8 Å². The number of ether oxygens (including phenoxy) is 2. The predicted octanol–water partition coefficient (Wildman–Crippen LogP) is 4.17. The molecule has 2 aromatic rings. The van der Waals surface area contributed by atoms with E-state index in [1.165, 1.54) is 5.56 Å². The Balaban J connectivity index is 1.73. The zero-order valence-electron chi connectivity index (χ0n) is 15.8. The van der Waals surface area contributed by atoms with Gasteiger partial charge in [0.05, 0.1) is 13.2 Å². The van der Waals surface area contributed by atoms with Gasteiger partial charge in [0.1, 0.15) is 0 Å². The van der Waals surface area contributed by atoms with Crippen LogP contribution in [0.15, 0.2) is 48.5 Å². The van der Waals surface area contributed by atoms with E-state index in [9.17, 15) is 4.79 Å². The summed E-state index contributed by atoms with van der Waals surface area (Å²) in [5.74, 6) is 1.59. The Kier molecular flexibility index (Phi) is 8.53. The minimum atomic E-state index is 0.0879. The van der Waals surface area contributed by atoms with E-state index in [0.717, 1.165) is 29.9 Å². The zero-order valence-corrected chi connectivity index (χ0v) is 15.8. The Morgan fingerprint density at radius 3 is 2.35 bits per heavy atom. The first-order valence-electron chi connectivity index (χ1n) is 9.42. The van der Waals surface area contributed by atoms with Gasteiger partial charge in [-0.15, -0.1) is 0 Å². The maximum Gasteiger partial charge on any atom is 0.220 e. The molecule has 1 N–H and O–H groups in total. The van der Waals surface area contributed by atoms with Crippen LogP contribution in [-0.4, -0.2) is 25.7 Å². The highest BCUT2D eigenvalue weighted by atomic mass is 16.5. The van der Waals surface area contributed by atoms with Crippen LogP contribution in [0.1, 0.15) is 37.8 Å². The molecule has 0 aliphatic carbocycles. The van der Waals surface area contributed by atoms with Gasteiger partial charge in [-0.1, -0.05) is 36.4 Å². The molecule has 0 aliphatic heterocycles. The molecule has 0 saturated heterocycles. The highest BCUT2D eigenvalue weighted by molar-refractivity contribution is 5.76. The first kappa shape index (κ1) is 19.8. The third-order valence-corrected chi connectivity index (χ3v) is 4.06. The molecule has 0 heterocycles. The summed E-state index contributed by atoms with van der Waals surface area (Å²) >= 11 is 0. The quantitative estimate of drug-likeness (QED) is 0.616. The van der Waals surface area contributed by atoms with Crippen LogP contribution in [0.3, 0.4) is 0 Å². The fourth-order valence-electron chi connectivity index (χ4n) is 2.76. The fraction of sp³-hybridized carbons (Fsp3) is 0.409. The topological polar surface area (TPSA) is 47.6 Å². The number of benzene rings is 2. The van der Waals surface area contributed by atoms with Crippen LogP contribution in [0.4, 0.5) is 0 Å². The Labute approximate surface area is 156 Å². The highest BCUT2D eigenvalue weighted by Gasteiger charge is 2.08. The van der Waals surface area contributed by atoms with Crippen molar-refractivity contribution in [2.24, 2.45) is 0 Å². The first-order chi connectivity index (χ1) is 12.7. The van der Waals surface area contributed by atoms with Crippen molar-refractivity contribution >= 4 is 5.91 Å². The van der Waals surface area contributed by atoms with Gasteiger partial charge in [-0.25, -0.2) is 0 Å². The number of carbonyl (C=O) groups excluding carboxylic acids is 1. The van der Waals surface area contributed by atoms with Crippen LogP contribution in [0.2, 0.25) is 0 Å². The number of carbonyl (C=O) groups is 1. The summed E-state index contributed by atoms with van der Waals surface area (Å²) in [7, 11) is 0. The van der Waals surface area contributed by atoms with Crippen molar-refractivity contribution in [1.82, 2.24) is 5.32 Å². The van der Waals surface area contributed by atoms with E-state index in [-0.39, 0.29) is 5.91 Å².